The number of benzene rings is 1. The molecule has 1 aliphatic carbocycles. The maximum Gasteiger partial charge on any atom is 0.295 e. The summed E-state index contributed by atoms with van der Waals surface area (Å²) in [5.74, 6) is -0.140. The van der Waals surface area contributed by atoms with Crippen molar-refractivity contribution in [1.82, 2.24) is 19.9 Å². The highest BCUT2D eigenvalue weighted by Gasteiger charge is 2.54. The summed E-state index contributed by atoms with van der Waals surface area (Å²) in [6.45, 7) is 1.72. The smallest absolute Gasteiger partial charge is 0.295 e. The van der Waals surface area contributed by atoms with E-state index >= 15 is 0 Å². The Hall–Kier alpha value is -3.73. The molecule has 1 aliphatic heterocycles. The minimum Gasteiger partial charge on any atom is -0.352 e. The standard InChI is InChI=1S/C21H18N6O2/c22-11-14-1-3-15(4-2-14)17(28)20(29)27-10-9-26(12-21(27)6-7-21)19-16-5-8-23-18(16)24-13-25-19/h1-5,8,13H,6-7,9-10,12H2,(H,23,24,25). The molecule has 0 radical (unpaired) electrons. The van der Waals surface area contributed by atoms with E-state index in [2.05, 4.69) is 19.9 Å². The van der Waals surface area contributed by atoms with Crippen molar-refractivity contribution in [2.24, 2.45) is 0 Å². The maximum absolute atomic E-state index is 13.0. The minimum absolute atomic E-state index is 0.314. The van der Waals surface area contributed by atoms with Gasteiger partial charge in [0, 0.05) is 31.4 Å². The number of hydrogen-bond acceptors (Lipinski definition) is 6. The van der Waals surface area contributed by atoms with Gasteiger partial charge in [-0.15, -0.1) is 0 Å². The average molecular weight is 386 g/mol. The summed E-state index contributed by atoms with van der Waals surface area (Å²) in [5, 5.41) is 9.86. The van der Waals surface area contributed by atoms with Gasteiger partial charge in [0.05, 0.1) is 22.6 Å². The van der Waals surface area contributed by atoms with E-state index in [-0.39, 0.29) is 5.54 Å². The largest absolute Gasteiger partial charge is 0.352 e. The molecule has 3 aromatic rings. The van der Waals surface area contributed by atoms with Gasteiger partial charge in [-0.2, -0.15) is 5.26 Å². The van der Waals surface area contributed by atoms with Crippen LogP contribution in [0.3, 0.4) is 0 Å². The van der Waals surface area contributed by atoms with Gasteiger partial charge in [0.1, 0.15) is 17.8 Å². The molecule has 0 bridgehead atoms. The fourth-order valence-corrected chi connectivity index (χ4v) is 4.10. The first kappa shape index (κ1) is 17.4. The number of piperazine rings is 1. The second-order valence-electron chi connectivity index (χ2n) is 7.56. The van der Waals surface area contributed by atoms with Crippen LogP contribution < -0.4 is 4.90 Å². The number of rotatable bonds is 3. The summed E-state index contributed by atoms with van der Waals surface area (Å²) in [7, 11) is 0. The molecular weight excluding hydrogens is 368 g/mol. The van der Waals surface area contributed by atoms with Crippen molar-refractivity contribution in [3.63, 3.8) is 0 Å². The third kappa shape index (κ3) is 2.83. The van der Waals surface area contributed by atoms with Crippen LogP contribution in [-0.4, -0.2) is 56.7 Å². The Morgan fingerprint density at radius 1 is 1.10 bits per heavy atom. The van der Waals surface area contributed by atoms with Crippen LogP contribution in [0.5, 0.6) is 0 Å². The predicted molar refractivity (Wildman–Crippen MR) is 105 cm³/mol. The van der Waals surface area contributed by atoms with Gasteiger partial charge in [0.25, 0.3) is 5.91 Å². The van der Waals surface area contributed by atoms with E-state index in [4.69, 9.17) is 5.26 Å². The third-order valence-corrected chi connectivity index (χ3v) is 5.83. The van der Waals surface area contributed by atoms with Gasteiger partial charge >= 0.3 is 0 Å². The molecule has 0 unspecified atom stereocenters. The van der Waals surface area contributed by atoms with Gasteiger partial charge in [-0.1, -0.05) is 0 Å². The van der Waals surface area contributed by atoms with E-state index in [0.717, 1.165) is 29.7 Å². The molecule has 1 saturated heterocycles. The Morgan fingerprint density at radius 3 is 2.62 bits per heavy atom. The summed E-state index contributed by atoms with van der Waals surface area (Å²) >= 11 is 0. The van der Waals surface area contributed by atoms with Gasteiger partial charge in [0.2, 0.25) is 5.78 Å². The van der Waals surface area contributed by atoms with Crippen molar-refractivity contribution in [2.45, 2.75) is 18.4 Å². The first-order chi connectivity index (χ1) is 14.1. The number of aromatic amines is 1. The lowest BCUT2D eigenvalue weighted by Gasteiger charge is -2.42. The molecule has 1 amide bonds. The van der Waals surface area contributed by atoms with Crippen molar-refractivity contribution in [3.05, 3.63) is 54.0 Å². The Kier molecular flexibility index (Phi) is 3.84. The number of nitrogens with zero attached hydrogens (tertiary/aromatic N) is 5. The van der Waals surface area contributed by atoms with E-state index in [1.165, 1.54) is 12.1 Å². The zero-order chi connectivity index (χ0) is 20.0. The summed E-state index contributed by atoms with van der Waals surface area (Å²) < 4.78 is 0. The van der Waals surface area contributed by atoms with E-state index in [9.17, 15) is 9.59 Å². The number of hydrogen-bond donors (Lipinski definition) is 1. The second-order valence-corrected chi connectivity index (χ2v) is 7.56. The fraction of sp³-hybridized carbons (Fsp3) is 0.286. The number of carbonyl (C=O) groups excluding carboxylic acids is 2. The molecule has 8 nitrogen and oxygen atoms in total. The predicted octanol–water partition coefficient (Wildman–Crippen LogP) is 1.89. The number of amides is 1. The maximum atomic E-state index is 13.0. The van der Waals surface area contributed by atoms with Crippen LogP contribution in [0.1, 0.15) is 28.8 Å². The number of ketones is 1. The molecule has 2 fully saturated rings. The normalized spacial score (nSPS) is 17.3. The van der Waals surface area contributed by atoms with Crippen LogP contribution in [0.15, 0.2) is 42.9 Å². The summed E-state index contributed by atoms with van der Waals surface area (Å²) in [6.07, 6.45) is 5.12. The number of aromatic nitrogens is 3. The minimum atomic E-state index is -0.524. The zero-order valence-corrected chi connectivity index (χ0v) is 15.6. The first-order valence-electron chi connectivity index (χ1n) is 9.51. The Morgan fingerprint density at radius 2 is 1.90 bits per heavy atom. The molecule has 29 heavy (non-hydrogen) atoms. The van der Waals surface area contributed by atoms with Gasteiger partial charge in [0.15, 0.2) is 0 Å². The van der Waals surface area contributed by atoms with Crippen molar-refractivity contribution in [1.29, 1.82) is 5.26 Å². The average Bonchev–Trinajstić information content (AvgIpc) is 3.34. The lowest BCUT2D eigenvalue weighted by molar-refractivity contribution is -0.130. The van der Waals surface area contributed by atoms with Crippen LogP contribution in [0.25, 0.3) is 11.0 Å². The van der Waals surface area contributed by atoms with Crippen molar-refractivity contribution in [3.8, 4) is 6.07 Å². The highest BCUT2D eigenvalue weighted by Crippen LogP contribution is 2.45. The Labute approximate surface area is 166 Å². The van der Waals surface area contributed by atoms with Crippen LogP contribution in [0, 0.1) is 11.3 Å². The highest BCUT2D eigenvalue weighted by molar-refractivity contribution is 6.43. The first-order valence-corrected chi connectivity index (χ1v) is 9.51. The summed E-state index contributed by atoms with van der Waals surface area (Å²) in [6, 6.07) is 10.2. The van der Waals surface area contributed by atoms with Gasteiger partial charge in [-0.3, -0.25) is 9.59 Å². The van der Waals surface area contributed by atoms with Crippen LogP contribution >= 0.6 is 0 Å². The number of nitrogens with one attached hydrogen (secondary N) is 1. The van der Waals surface area contributed by atoms with Gasteiger partial charge < -0.3 is 14.8 Å². The Balaban J connectivity index is 1.37. The van der Waals surface area contributed by atoms with E-state index in [1.54, 1.807) is 23.4 Å². The van der Waals surface area contributed by atoms with E-state index in [0.29, 0.717) is 30.8 Å². The second kappa shape index (κ2) is 6.41. The molecule has 3 heterocycles. The summed E-state index contributed by atoms with van der Waals surface area (Å²) in [5.41, 5.74) is 1.25. The molecule has 0 atom stereocenters. The Bertz CT molecular complexity index is 1160. The molecule has 2 aromatic heterocycles. The lowest BCUT2D eigenvalue weighted by Crippen LogP contribution is -2.58. The SMILES string of the molecule is N#Cc1ccc(C(=O)C(=O)N2CCN(c3ncnc4[nH]ccc34)CC23CC3)cc1. The number of nitriles is 1. The molecule has 5 rings (SSSR count). The highest BCUT2D eigenvalue weighted by atomic mass is 16.2. The molecule has 144 valence electrons. The molecular formula is C21H18N6O2. The quantitative estimate of drug-likeness (QED) is 0.544. The van der Waals surface area contributed by atoms with Crippen LogP contribution in [-0.2, 0) is 4.79 Å². The number of Topliss-reactive ketones (excluding diaryl/α,β-unsaturated/α-hetero) is 1. The van der Waals surface area contributed by atoms with Gasteiger partial charge in [-0.25, -0.2) is 9.97 Å². The third-order valence-electron chi connectivity index (χ3n) is 5.83. The molecule has 1 aromatic carbocycles. The number of anilines is 1. The number of carbonyl (C=O) groups is 2. The van der Waals surface area contributed by atoms with E-state index < -0.39 is 11.7 Å². The number of H-pyrrole nitrogens is 1. The lowest BCUT2D eigenvalue weighted by atomic mass is 10.0. The molecule has 1 saturated carbocycles. The molecule has 2 aliphatic rings. The van der Waals surface area contributed by atoms with Crippen molar-refractivity contribution in [2.75, 3.05) is 24.5 Å². The van der Waals surface area contributed by atoms with Crippen molar-refractivity contribution < 1.29 is 9.59 Å². The molecule has 8 heteroatoms. The number of fused-ring (bicyclic) bond motifs is 1. The van der Waals surface area contributed by atoms with Gasteiger partial charge in [-0.05, 0) is 43.2 Å². The summed E-state index contributed by atoms with van der Waals surface area (Å²) in [4.78, 5) is 41.4. The van der Waals surface area contributed by atoms with E-state index in [1.807, 2.05) is 18.3 Å². The van der Waals surface area contributed by atoms with Crippen LogP contribution in [0.2, 0.25) is 0 Å². The zero-order valence-electron chi connectivity index (χ0n) is 15.6. The monoisotopic (exact) mass is 386 g/mol. The molecule has 1 N–H and O–H groups in total. The topological polar surface area (TPSA) is 106 Å². The van der Waals surface area contributed by atoms with Crippen molar-refractivity contribution >= 4 is 28.5 Å². The fourth-order valence-electron chi connectivity index (χ4n) is 4.10. The molecule has 1 spiro atoms. The van der Waals surface area contributed by atoms with Crippen LogP contribution in [0.4, 0.5) is 5.82 Å².